The number of nitrogens with zero attached hydrogens (tertiary/aromatic N) is 1. The molecule has 0 aromatic heterocycles. The van der Waals surface area contributed by atoms with Gasteiger partial charge in [-0.15, -0.1) is 0 Å². The molecule has 0 saturated carbocycles. The highest BCUT2D eigenvalue weighted by Crippen LogP contribution is 2.30. The van der Waals surface area contributed by atoms with Gasteiger partial charge in [-0.2, -0.15) is 0 Å². The Hall–Kier alpha value is -2.40. The lowest BCUT2D eigenvalue weighted by Crippen LogP contribution is -2.51. The Balaban J connectivity index is 1.82. The molecule has 1 aliphatic heterocycles. The first-order valence-electron chi connectivity index (χ1n) is 6.79. The van der Waals surface area contributed by atoms with Gasteiger partial charge in [-0.25, -0.2) is 0 Å². The molecule has 3 rings (SSSR count). The molecular weight excluding hydrogens is 268 g/mol. The molecule has 5 heteroatoms. The molecule has 0 bridgehead atoms. The van der Waals surface area contributed by atoms with E-state index in [4.69, 9.17) is 10.5 Å². The standard InChI is InChI=1S/C16H16N2O3/c17-16(9-12-4-3-6-14(8-12)18(19)20)10-13-5-1-2-7-15(13)21-11-16/h1-8H,9-11,17H2. The van der Waals surface area contributed by atoms with Crippen LogP contribution in [0.4, 0.5) is 5.69 Å². The van der Waals surface area contributed by atoms with Crippen LogP contribution >= 0.6 is 0 Å². The monoisotopic (exact) mass is 284 g/mol. The lowest BCUT2D eigenvalue weighted by atomic mass is 9.84. The summed E-state index contributed by atoms with van der Waals surface area (Å²) in [5.74, 6) is 0.873. The van der Waals surface area contributed by atoms with Crippen molar-refractivity contribution in [1.29, 1.82) is 0 Å². The Morgan fingerprint density at radius 1 is 1.24 bits per heavy atom. The summed E-state index contributed by atoms with van der Waals surface area (Å²) in [6, 6.07) is 14.4. The molecule has 21 heavy (non-hydrogen) atoms. The number of fused-ring (bicyclic) bond motifs is 1. The largest absolute Gasteiger partial charge is 0.491 e. The number of para-hydroxylation sites is 1. The van der Waals surface area contributed by atoms with E-state index < -0.39 is 5.54 Å². The van der Waals surface area contributed by atoms with Crippen LogP contribution in [-0.2, 0) is 12.8 Å². The van der Waals surface area contributed by atoms with Crippen molar-refractivity contribution >= 4 is 5.69 Å². The van der Waals surface area contributed by atoms with E-state index in [2.05, 4.69) is 0 Å². The number of hydrogen-bond acceptors (Lipinski definition) is 4. The first-order valence-corrected chi connectivity index (χ1v) is 6.79. The third-order valence-electron chi connectivity index (χ3n) is 3.71. The van der Waals surface area contributed by atoms with Gasteiger partial charge in [0.15, 0.2) is 0 Å². The fraction of sp³-hybridized carbons (Fsp3) is 0.250. The van der Waals surface area contributed by atoms with Crippen molar-refractivity contribution in [2.24, 2.45) is 5.73 Å². The number of hydrogen-bond donors (Lipinski definition) is 1. The van der Waals surface area contributed by atoms with E-state index in [9.17, 15) is 10.1 Å². The van der Waals surface area contributed by atoms with Crippen LogP contribution in [-0.4, -0.2) is 17.1 Å². The van der Waals surface area contributed by atoms with Gasteiger partial charge in [-0.1, -0.05) is 30.3 Å². The Morgan fingerprint density at radius 3 is 2.86 bits per heavy atom. The molecular formula is C16H16N2O3. The summed E-state index contributed by atoms with van der Waals surface area (Å²) in [7, 11) is 0. The molecule has 2 N–H and O–H groups in total. The summed E-state index contributed by atoms with van der Waals surface area (Å²) in [6.07, 6.45) is 1.24. The van der Waals surface area contributed by atoms with Crippen molar-refractivity contribution < 1.29 is 9.66 Å². The van der Waals surface area contributed by atoms with Gasteiger partial charge in [-0.05, 0) is 30.0 Å². The Bertz CT molecular complexity index is 687. The maximum absolute atomic E-state index is 10.8. The zero-order valence-electron chi connectivity index (χ0n) is 11.5. The Morgan fingerprint density at radius 2 is 2.05 bits per heavy atom. The molecule has 2 aromatic carbocycles. The van der Waals surface area contributed by atoms with Crippen molar-refractivity contribution in [2.75, 3.05) is 6.61 Å². The van der Waals surface area contributed by atoms with Crippen LogP contribution in [0.15, 0.2) is 48.5 Å². The van der Waals surface area contributed by atoms with Crippen molar-refractivity contribution in [3.63, 3.8) is 0 Å². The zero-order valence-corrected chi connectivity index (χ0v) is 11.5. The quantitative estimate of drug-likeness (QED) is 0.693. The number of nitrogens with two attached hydrogens (primary N) is 1. The molecule has 0 aliphatic carbocycles. The lowest BCUT2D eigenvalue weighted by Gasteiger charge is -2.34. The second-order valence-corrected chi connectivity index (χ2v) is 5.54. The number of ether oxygens (including phenoxy) is 1. The van der Waals surface area contributed by atoms with Crippen molar-refractivity contribution in [2.45, 2.75) is 18.4 Å². The number of benzene rings is 2. The fourth-order valence-corrected chi connectivity index (χ4v) is 2.74. The minimum absolute atomic E-state index is 0.0910. The highest BCUT2D eigenvalue weighted by molar-refractivity contribution is 5.39. The van der Waals surface area contributed by atoms with E-state index in [1.165, 1.54) is 6.07 Å². The third kappa shape index (κ3) is 2.87. The predicted octanol–water partition coefficient (Wildman–Crippen LogP) is 2.47. The smallest absolute Gasteiger partial charge is 0.269 e. The normalized spacial score (nSPS) is 20.4. The second kappa shape index (κ2) is 5.18. The highest BCUT2D eigenvalue weighted by atomic mass is 16.6. The molecule has 1 aliphatic rings. The van der Waals surface area contributed by atoms with Crippen molar-refractivity contribution in [3.05, 3.63) is 69.8 Å². The summed E-state index contributed by atoms with van der Waals surface area (Å²) >= 11 is 0. The van der Waals surface area contributed by atoms with Gasteiger partial charge in [-0.3, -0.25) is 10.1 Å². The average molecular weight is 284 g/mol. The van der Waals surface area contributed by atoms with Crippen LogP contribution in [0.1, 0.15) is 11.1 Å². The third-order valence-corrected chi connectivity index (χ3v) is 3.71. The summed E-state index contributed by atoms with van der Waals surface area (Å²) in [5.41, 5.74) is 7.93. The van der Waals surface area contributed by atoms with Crippen molar-refractivity contribution in [1.82, 2.24) is 0 Å². The van der Waals surface area contributed by atoms with Crippen LogP contribution in [0, 0.1) is 10.1 Å². The van der Waals surface area contributed by atoms with E-state index in [0.29, 0.717) is 19.4 Å². The first-order chi connectivity index (χ1) is 10.1. The van der Waals surface area contributed by atoms with E-state index in [1.54, 1.807) is 12.1 Å². The number of non-ortho nitro benzene ring substituents is 1. The summed E-state index contributed by atoms with van der Waals surface area (Å²) < 4.78 is 5.73. The van der Waals surface area contributed by atoms with Crippen LogP contribution < -0.4 is 10.5 Å². The van der Waals surface area contributed by atoms with Crippen LogP contribution in [0.5, 0.6) is 5.75 Å². The first kappa shape index (κ1) is 13.6. The zero-order chi connectivity index (χ0) is 14.9. The molecule has 1 unspecified atom stereocenters. The predicted molar refractivity (Wildman–Crippen MR) is 79.4 cm³/mol. The van der Waals surface area contributed by atoms with E-state index in [1.807, 2.05) is 30.3 Å². The average Bonchev–Trinajstić information content (AvgIpc) is 2.47. The maximum Gasteiger partial charge on any atom is 0.269 e. The molecule has 2 aromatic rings. The molecule has 0 saturated heterocycles. The highest BCUT2D eigenvalue weighted by Gasteiger charge is 2.32. The van der Waals surface area contributed by atoms with E-state index in [-0.39, 0.29) is 10.6 Å². The van der Waals surface area contributed by atoms with E-state index in [0.717, 1.165) is 16.9 Å². The summed E-state index contributed by atoms with van der Waals surface area (Å²) in [4.78, 5) is 10.4. The summed E-state index contributed by atoms with van der Waals surface area (Å²) in [6.45, 7) is 0.409. The molecule has 5 nitrogen and oxygen atoms in total. The lowest BCUT2D eigenvalue weighted by molar-refractivity contribution is -0.384. The topological polar surface area (TPSA) is 78.4 Å². The molecule has 0 radical (unpaired) electrons. The van der Waals surface area contributed by atoms with Gasteiger partial charge >= 0.3 is 0 Å². The minimum Gasteiger partial charge on any atom is -0.491 e. The SMILES string of the molecule is NC1(Cc2cccc([N+](=O)[O-])c2)COc2ccccc2C1. The second-order valence-electron chi connectivity index (χ2n) is 5.54. The van der Waals surface area contributed by atoms with Crippen LogP contribution in [0.25, 0.3) is 0 Å². The molecule has 0 spiro atoms. The number of rotatable bonds is 3. The van der Waals surface area contributed by atoms with Gasteiger partial charge in [0.2, 0.25) is 0 Å². The fourth-order valence-electron chi connectivity index (χ4n) is 2.74. The Labute approximate surface area is 122 Å². The van der Waals surface area contributed by atoms with Crippen molar-refractivity contribution in [3.8, 4) is 5.75 Å². The number of nitro groups is 1. The van der Waals surface area contributed by atoms with E-state index >= 15 is 0 Å². The van der Waals surface area contributed by atoms with Crippen LogP contribution in [0.2, 0.25) is 0 Å². The molecule has 1 heterocycles. The molecule has 108 valence electrons. The molecule has 0 amide bonds. The van der Waals surface area contributed by atoms with Gasteiger partial charge in [0.25, 0.3) is 5.69 Å². The molecule has 0 fully saturated rings. The molecule has 1 atom stereocenters. The van der Waals surface area contributed by atoms with Gasteiger partial charge < -0.3 is 10.5 Å². The number of nitro benzene ring substituents is 1. The Kier molecular flexibility index (Phi) is 3.35. The van der Waals surface area contributed by atoms with Gasteiger partial charge in [0, 0.05) is 12.1 Å². The van der Waals surface area contributed by atoms with Gasteiger partial charge in [0.05, 0.1) is 10.5 Å². The van der Waals surface area contributed by atoms with Gasteiger partial charge in [0.1, 0.15) is 12.4 Å². The summed E-state index contributed by atoms with van der Waals surface area (Å²) in [5, 5.41) is 10.8. The maximum atomic E-state index is 10.8. The minimum atomic E-state index is -0.538. The van der Waals surface area contributed by atoms with Crippen LogP contribution in [0.3, 0.4) is 0 Å².